The SMILES string of the molecule is C[C@@H]1CC(C)(C)N(C)c2cc(Cl)c(/C=C3\C(=O)NC(=O)N(c4ccccc4)C3=O)cc21. The number of hydrogen-bond acceptors (Lipinski definition) is 4. The summed E-state index contributed by atoms with van der Waals surface area (Å²) in [7, 11) is 2.04. The summed E-state index contributed by atoms with van der Waals surface area (Å²) >= 11 is 6.57. The van der Waals surface area contributed by atoms with Crippen molar-refractivity contribution in [3.8, 4) is 0 Å². The first-order chi connectivity index (χ1) is 14.6. The van der Waals surface area contributed by atoms with Crippen LogP contribution in [0.1, 0.15) is 44.2 Å². The lowest BCUT2D eigenvalue weighted by Crippen LogP contribution is -2.54. The number of carbonyl (C=O) groups excluding carboxylic acids is 3. The molecular weight excluding hydrogens is 414 g/mol. The van der Waals surface area contributed by atoms with Gasteiger partial charge in [0.1, 0.15) is 5.57 Å². The molecule has 0 radical (unpaired) electrons. The lowest BCUT2D eigenvalue weighted by molar-refractivity contribution is -0.122. The number of benzene rings is 2. The summed E-state index contributed by atoms with van der Waals surface area (Å²) in [6.45, 7) is 6.54. The predicted octanol–water partition coefficient (Wildman–Crippen LogP) is 4.73. The molecule has 1 saturated heterocycles. The zero-order valence-corrected chi connectivity index (χ0v) is 18.7. The maximum atomic E-state index is 13.1. The zero-order chi connectivity index (χ0) is 22.5. The summed E-state index contributed by atoms with van der Waals surface area (Å²) in [6, 6.07) is 11.5. The van der Waals surface area contributed by atoms with E-state index in [0.717, 1.165) is 22.6 Å². The van der Waals surface area contributed by atoms with Gasteiger partial charge in [-0.1, -0.05) is 36.7 Å². The summed E-state index contributed by atoms with van der Waals surface area (Å²) in [5.41, 5.74) is 2.96. The molecule has 2 aromatic rings. The Morgan fingerprint density at radius 3 is 2.48 bits per heavy atom. The number of para-hydroxylation sites is 1. The molecule has 1 atom stereocenters. The van der Waals surface area contributed by atoms with Crippen molar-refractivity contribution in [3.05, 3.63) is 64.2 Å². The standard InChI is InChI=1S/C24H24ClN3O3/c1-14-13-24(2,3)27(4)20-12-19(25)15(10-17(14)20)11-18-21(29)26-23(31)28(22(18)30)16-8-6-5-7-9-16/h5-12,14H,13H2,1-4H3,(H,26,29,31)/b18-11+/t14-/m1/s1. The smallest absolute Gasteiger partial charge is 0.335 e. The molecule has 7 heteroatoms. The third kappa shape index (κ3) is 3.61. The number of rotatable bonds is 2. The van der Waals surface area contributed by atoms with Crippen LogP contribution in [0.4, 0.5) is 16.2 Å². The lowest BCUT2D eigenvalue weighted by atomic mass is 9.80. The largest absolute Gasteiger partial charge is 0.369 e. The molecule has 4 amide bonds. The van der Waals surface area contributed by atoms with Crippen molar-refractivity contribution in [3.63, 3.8) is 0 Å². The van der Waals surface area contributed by atoms with Gasteiger partial charge in [-0.15, -0.1) is 0 Å². The Morgan fingerprint density at radius 1 is 1.13 bits per heavy atom. The molecule has 31 heavy (non-hydrogen) atoms. The minimum atomic E-state index is -0.771. The number of imide groups is 2. The molecule has 2 aliphatic heterocycles. The average molecular weight is 438 g/mol. The Kier molecular flexibility index (Phi) is 5.13. The molecule has 0 bridgehead atoms. The van der Waals surface area contributed by atoms with Crippen molar-refractivity contribution in [2.45, 2.75) is 38.6 Å². The number of carbonyl (C=O) groups is 3. The Labute approximate surface area is 186 Å². The van der Waals surface area contributed by atoms with E-state index in [1.54, 1.807) is 30.3 Å². The Balaban J connectivity index is 1.78. The van der Waals surface area contributed by atoms with Gasteiger partial charge in [0.2, 0.25) is 0 Å². The zero-order valence-electron chi connectivity index (χ0n) is 17.9. The van der Waals surface area contributed by atoms with E-state index < -0.39 is 17.8 Å². The molecule has 0 saturated carbocycles. The monoisotopic (exact) mass is 437 g/mol. The van der Waals surface area contributed by atoms with Gasteiger partial charge in [0.25, 0.3) is 11.8 Å². The Hall–Kier alpha value is -3.12. The van der Waals surface area contributed by atoms with E-state index >= 15 is 0 Å². The van der Waals surface area contributed by atoms with E-state index in [1.165, 1.54) is 6.08 Å². The van der Waals surface area contributed by atoms with E-state index in [4.69, 9.17) is 11.6 Å². The van der Waals surface area contributed by atoms with Crippen LogP contribution >= 0.6 is 11.6 Å². The first-order valence-electron chi connectivity index (χ1n) is 10.1. The number of fused-ring (bicyclic) bond motifs is 1. The van der Waals surface area contributed by atoms with Crippen LogP contribution in [0.3, 0.4) is 0 Å². The number of urea groups is 1. The molecule has 2 aliphatic rings. The van der Waals surface area contributed by atoms with Crippen LogP contribution in [0.25, 0.3) is 6.08 Å². The molecular formula is C24H24ClN3O3. The van der Waals surface area contributed by atoms with Crippen molar-refractivity contribution in [2.24, 2.45) is 0 Å². The number of anilines is 2. The van der Waals surface area contributed by atoms with Gasteiger partial charge in [-0.05, 0) is 67.7 Å². The minimum Gasteiger partial charge on any atom is -0.369 e. The van der Waals surface area contributed by atoms with Gasteiger partial charge < -0.3 is 4.90 Å². The van der Waals surface area contributed by atoms with E-state index in [1.807, 2.05) is 19.2 Å². The topological polar surface area (TPSA) is 69.7 Å². The van der Waals surface area contributed by atoms with Crippen molar-refractivity contribution in [2.75, 3.05) is 16.8 Å². The van der Waals surface area contributed by atoms with Gasteiger partial charge in [-0.3, -0.25) is 14.9 Å². The molecule has 4 rings (SSSR count). The van der Waals surface area contributed by atoms with Crippen LogP contribution < -0.4 is 15.1 Å². The first kappa shape index (κ1) is 21.1. The second-order valence-electron chi connectivity index (χ2n) is 8.70. The maximum Gasteiger partial charge on any atom is 0.335 e. The molecule has 2 heterocycles. The average Bonchev–Trinajstić information content (AvgIpc) is 2.70. The van der Waals surface area contributed by atoms with Gasteiger partial charge >= 0.3 is 6.03 Å². The molecule has 1 N–H and O–H groups in total. The second-order valence-corrected chi connectivity index (χ2v) is 9.11. The highest BCUT2D eigenvalue weighted by Crippen LogP contribution is 2.44. The van der Waals surface area contributed by atoms with Gasteiger partial charge in [0.05, 0.1) is 5.69 Å². The quantitative estimate of drug-likeness (QED) is 0.544. The molecule has 1 fully saturated rings. The van der Waals surface area contributed by atoms with Crippen LogP contribution in [-0.4, -0.2) is 30.4 Å². The number of hydrogen-bond donors (Lipinski definition) is 1. The third-order valence-corrected chi connectivity index (χ3v) is 6.50. The van der Waals surface area contributed by atoms with Gasteiger partial charge in [0.15, 0.2) is 0 Å². The summed E-state index contributed by atoms with van der Waals surface area (Å²) in [4.78, 5) is 41.1. The normalized spacial score (nSPS) is 21.9. The van der Waals surface area contributed by atoms with Crippen molar-refractivity contribution in [1.29, 1.82) is 0 Å². The first-order valence-corrected chi connectivity index (χ1v) is 10.5. The predicted molar refractivity (Wildman–Crippen MR) is 122 cm³/mol. The lowest BCUT2D eigenvalue weighted by Gasteiger charge is -2.45. The van der Waals surface area contributed by atoms with Gasteiger partial charge in [-0.2, -0.15) is 0 Å². The van der Waals surface area contributed by atoms with Crippen molar-refractivity contribution >= 4 is 46.9 Å². The van der Waals surface area contributed by atoms with E-state index in [2.05, 4.69) is 31.0 Å². The van der Waals surface area contributed by atoms with Gasteiger partial charge in [-0.25, -0.2) is 9.69 Å². The highest BCUT2D eigenvalue weighted by molar-refractivity contribution is 6.40. The summed E-state index contributed by atoms with van der Waals surface area (Å²) in [5.74, 6) is -1.13. The summed E-state index contributed by atoms with van der Waals surface area (Å²) in [6.07, 6.45) is 2.43. The second kappa shape index (κ2) is 7.54. The van der Waals surface area contributed by atoms with Crippen molar-refractivity contribution in [1.82, 2.24) is 5.32 Å². The third-order valence-electron chi connectivity index (χ3n) is 6.17. The highest BCUT2D eigenvalue weighted by Gasteiger charge is 2.38. The number of halogens is 1. The fourth-order valence-corrected chi connectivity index (χ4v) is 4.55. The minimum absolute atomic E-state index is 0.00844. The van der Waals surface area contributed by atoms with E-state index in [0.29, 0.717) is 16.3 Å². The number of nitrogens with one attached hydrogen (secondary N) is 1. The van der Waals surface area contributed by atoms with Gasteiger partial charge in [0, 0.05) is 23.3 Å². The molecule has 0 aliphatic carbocycles. The maximum absolute atomic E-state index is 13.1. The molecule has 0 aromatic heterocycles. The van der Waals surface area contributed by atoms with E-state index in [9.17, 15) is 14.4 Å². The van der Waals surface area contributed by atoms with Crippen LogP contribution in [-0.2, 0) is 9.59 Å². The highest BCUT2D eigenvalue weighted by atomic mass is 35.5. The van der Waals surface area contributed by atoms with Crippen LogP contribution in [0.2, 0.25) is 5.02 Å². The summed E-state index contributed by atoms with van der Waals surface area (Å²) in [5, 5.41) is 2.68. The molecule has 6 nitrogen and oxygen atoms in total. The van der Waals surface area contributed by atoms with Crippen LogP contribution in [0, 0.1) is 0 Å². The Morgan fingerprint density at radius 2 is 1.81 bits per heavy atom. The van der Waals surface area contributed by atoms with E-state index in [-0.39, 0.29) is 17.0 Å². The number of nitrogens with zero attached hydrogens (tertiary/aromatic N) is 2. The van der Waals surface area contributed by atoms with Crippen LogP contribution in [0.15, 0.2) is 48.0 Å². The Bertz CT molecular complexity index is 1120. The molecule has 0 spiro atoms. The van der Waals surface area contributed by atoms with Crippen LogP contribution in [0.5, 0.6) is 0 Å². The fourth-order valence-electron chi connectivity index (χ4n) is 4.34. The number of amides is 4. The molecule has 2 aromatic carbocycles. The van der Waals surface area contributed by atoms with Crippen molar-refractivity contribution < 1.29 is 14.4 Å². The number of barbiturate groups is 1. The molecule has 0 unspecified atom stereocenters. The molecule has 160 valence electrons. The fraction of sp³-hybridized carbons (Fsp3) is 0.292. The summed E-state index contributed by atoms with van der Waals surface area (Å²) < 4.78 is 0.